The van der Waals surface area contributed by atoms with E-state index in [1.807, 2.05) is 0 Å². The smallest absolute Gasteiger partial charge is 0.196 e. The SMILES string of the molecule is Cc1c(N)cccc1C(=O)c1ccccc1F. The van der Waals surface area contributed by atoms with Gasteiger partial charge in [-0.15, -0.1) is 0 Å². The van der Waals surface area contributed by atoms with Gasteiger partial charge in [-0.05, 0) is 30.7 Å². The van der Waals surface area contributed by atoms with E-state index >= 15 is 0 Å². The topological polar surface area (TPSA) is 43.1 Å². The Hall–Kier alpha value is -2.16. The third-order valence-corrected chi connectivity index (χ3v) is 2.74. The van der Waals surface area contributed by atoms with Crippen molar-refractivity contribution in [2.24, 2.45) is 0 Å². The third-order valence-electron chi connectivity index (χ3n) is 2.74. The summed E-state index contributed by atoms with van der Waals surface area (Å²) in [4.78, 5) is 12.1. The summed E-state index contributed by atoms with van der Waals surface area (Å²) >= 11 is 0. The van der Waals surface area contributed by atoms with Crippen molar-refractivity contribution in [2.75, 3.05) is 5.73 Å². The van der Waals surface area contributed by atoms with Crippen LogP contribution in [0.1, 0.15) is 21.5 Å². The summed E-state index contributed by atoms with van der Waals surface area (Å²) in [5, 5.41) is 0. The van der Waals surface area contributed by atoms with Crippen molar-refractivity contribution >= 4 is 11.5 Å². The first-order valence-corrected chi connectivity index (χ1v) is 5.25. The molecule has 3 heteroatoms. The average Bonchev–Trinajstić information content (AvgIpc) is 2.32. The van der Waals surface area contributed by atoms with E-state index in [0.29, 0.717) is 16.8 Å². The fourth-order valence-electron chi connectivity index (χ4n) is 1.69. The Labute approximate surface area is 98.9 Å². The van der Waals surface area contributed by atoms with Crippen molar-refractivity contribution in [3.05, 3.63) is 65.0 Å². The highest BCUT2D eigenvalue weighted by molar-refractivity contribution is 6.10. The molecule has 0 fully saturated rings. The van der Waals surface area contributed by atoms with Gasteiger partial charge < -0.3 is 5.73 Å². The standard InChI is InChI=1S/C14H12FNO/c1-9-10(6-4-8-13(9)16)14(17)11-5-2-3-7-12(11)15/h2-8H,16H2,1H3. The second kappa shape index (κ2) is 4.37. The first-order chi connectivity index (χ1) is 8.11. The molecule has 0 aliphatic heterocycles. The van der Waals surface area contributed by atoms with Gasteiger partial charge in [0.25, 0.3) is 0 Å². The van der Waals surface area contributed by atoms with E-state index in [1.54, 1.807) is 37.3 Å². The monoisotopic (exact) mass is 229 g/mol. The number of carbonyl (C=O) groups is 1. The number of hydrogen-bond donors (Lipinski definition) is 1. The van der Waals surface area contributed by atoms with Crippen molar-refractivity contribution in [1.29, 1.82) is 0 Å². The van der Waals surface area contributed by atoms with Crippen LogP contribution < -0.4 is 5.73 Å². The molecule has 2 nitrogen and oxygen atoms in total. The van der Waals surface area contributed by atoms with Crippen molar-refractivity contribution in [3.63, 3.8) is 0 Å². The van der Waals surface area contributed by atoms with Gasteiger partial charge in [0.05, 0.1) is 5.56 Å². The summed E-state index contributed by atoms with van der Waals surface area (Å²) in [7, 11) is 0. The predicted molar refractivity (Wildman–Crippen MR) is 65.4 cm³/mol. The number of carbonyl (C=O) groups excluding carboxylic acids is 1. The largest absolute Gasteiger partial charge is 0.398 e. The zero-order valence-corrected chi connectivity index (χ0v) is 9.41. The zero-order chi connectivity index (χ0) is 12.4. The molecule has 0 saturated carbocycles. The second-order valence-corrected chi connectivity index (χ2v) is 3.83. The van der Waals surface area contributed by atoms with Crippen LogP contribution in [0.5, 0.6) is 0 Å². The van der Waals surface area contributed by atoms with E-state index in [9.17, 15) is 9.18 Å². The van der Waals surface area contributed by atoms with Gasteiger partial charge in [-0.3, -0.25) is 4.79 Å². The number of halogens is 1. The lowest BCUT2D eigenvalue weighted by molar-refractivity contribution is 0.103. The number of nitrogens with two attached hydrogens (primary N) is 1. The van der Waals surface area contributed by atoms with Crippen LogP contribution in [0.4, 0.5) is 10.1 Å². The molecular formula is C14H12FNO. The van der Waals surface area contributed by atoms with E-state index in [4.69, 9.17) is 5.73 Å². The van der Waals surface area contributed by atoms with Crippen LogP contribution in [-0.2, 0) is 0 Å². The highest BCUT2D eigenvalue weighted by atomic mass is 19.1. The summed E-state index contributed by atoms with van der Waals surface area (Å²) in [5.74, 6) is -0.854. The lowest BCUT2D eigenvalue weighted by atomic mass is 9.98. The summed E-state index contributed by atoms with van der Waals surface area (Å²) in [6, 6.07) is 11.0. The molecule has 0 atom stereocenters. The van der Waals surface area contributed by atoms with Crippen molar-refractivity contribution < 1.29 is 9.18 Å². The van der Waals surface area contributed by atoms with Crippen LogP contribution in [0.15, 0.2) is 42.5 Å². The first-order valence-electron chi connectivity index (χ1n) is 5.25. The van der Waals surface area contributed by atoms with Gasteiger partial charge in [0.1, 0.15) is 5.82 Å². The number of hydrogen-bond acceptors (Lipinski definition) is 2. The van der Waals surface area contributed by atoms with Crippen LogP contribution in [0.25, 0.3) is 0 Å². The first kappa shape index (κ1) is 11.3. The maximum absolute atomic E-state index is 13.5. The van der Waals surface area contributed by atoms with E-state index in [2.05, 4.69) is 0 Å². The van der Waals surface area contributed by atoms with Gasteiger partial charge >= 0.3 is 0 Å². The Morgan fingerprint density at radius 1 is 1.06 bits per heavy atom. The van der Waals surface area contributed by atoms with E-state index in [1.165, 1.54) is 12.1 Å². The molecule has 2 aromatic carbocycles. The summed E-state index contributed by atoms with van der Waals surface area (Å²) in [6.07, 6.45) is 0. The molecule has 0 unspecified atom stereocenters. The molecule has 0 saturated heterocycles. The Kier molecular flexibility index (Phi) is 2.91. The Morgan fingerprint density at radius 2 is 1.71 bits per heavy atom. The lowest BCUT2D eigenvalue weighted by Gasteiger charge is -2.07. The Balaban J connectivity index is 2.52. The van der Waals surface area contributed by atoms with E-state index in [-0.39, 0.29) is 11.3 Å². The molecule has 0 radical (unpaired) electrons. The number of anilines is 1. The zero-order valence-electron chi connectivity index (χ0n) is 9.41. The van der Waals surface area contributed by atoms with Gasteiger partial charge in [0.2, 0.25) is 0 Å². The summed E-state index contributed by atoms with van der Waals surface area (Å²) in [5.41, 5.74) is 7.45. The highest BCUT2D eigenvalue weighted by Gasteiger charge is 2.15. The lowest BCUT2D eigenvalue weighted by Crippen LogP contribution is -2.07. The highest BCUT2D eigenvalue weighted by Crippen LogP contribution is 2.20. The van der Waals surface area contributed by atoms with Gasteiger partial charge in [0.15, 0.2) is 5.78 Å². The number of benzene rings is 2. The molecule has 86 valence electrons. The second-order valence-electron chi connectivity index (χ2n) is 3.83. The average molecular weight is 229 g/mol. The van der Waals surface area contributed by atoms with Gasteiger partial charge in [-0.25, -0.2) is 4.39 Å². The molecule has 0 aromatic heterocycles. The van der Waals surface area contributed by atoms with Crippen molar-refractivity contribution in [1.82, 2.24) is 0 Å². The molecule has 0 amide bonds. The summed E-state index contributed by atoms with van der Waals surface area (Å²) in [6.45, 7) is 1.75. The maximum atomic E-state index is 13.5. The fraction of sp³-hybridized carbons (Fsp3) is 0.0714. The third kappa shape index (κ3) is 2.04. The van der Waals surface area contributed by atoms with Crippen molar-refractivity contribution in [2.45, 2.75) is 6.92 Å². The van der Waals surface area contributed by atoms with E-state index in [0.717, 1.165) is 0 Å². The predicted octanol–water partition coefficient (Wildman–Crippen LogP) is 2.95. The van der Waals surface area contributed by atoms with Gasteiger partial charge in [-0.2, -0.15) is 0 Å². The normalized spacial score (nSPS) is 10.2. The van der Waals surface area contributed by atoms with Crippen LogP contribution in [-0.4, -0.2) is 5.78 Å². The molecule has 2 rings (SSSR count). The maximum Gasteiger partial charge on any atom is 0.196 e. The Morgan fingerprint density at radius 3 is 2.41 bits per heavy atom. The minimum atomic E-state index is -0.515. The number of nitrogen functional groups attached to an aromatic ring is 1. The van der Waals surface area contributed by atoms with Crippen LogP contribution in [0, 0.1) is 12.7 Å². The molecule has 0 aliphatic carbocycles. The Bertz CT molecular complexity index is 578. The quantitative estimate of drug-likeness (QED) is 0.635. The minimum Gasteiger partial charge on any atom is -0.398 e. The fourth-order valence-corrected chi connectivity index (χ4v) is 1.69. The van der Waals surface area contributed by atoms with Crippen LogP contribution >= 0.6 is 0 Å². The summed E-state index contributed by atoms with van der Waals surface area (Å²) < 4.78 is 13.5. The molecule has 0 bridgehead atoms. The van der Waals surface area contributed by atoms with Crippen LogP contribution in [0.2, 0.25) is 0 Å². The van der Waals surface area contributed by atoms with Gasteiger partial charge in [0, 0.05) is 11.3 Å². The van der Waals surface area contributed by atoms with E-state index < -0.39 is 5.82 Å². The number of ketones is 1. The number of rotatable bonds is 2. The molecule has 17 heavy (non-hydrogen) atoms. The molecule has 2 aromatic rings. The molecule has 0 heterocycles. The molecule has 0 spiro atoms. The molecule has 2 N–H and O–H groups in total. The minimum absolute atomic E-state index is 0.0706. The van der Waals surface area contributed by atoms with Crippen LogP contribution in [0.3, 0.4) is 0 Å². The van der Waals surface area contributed by atoms with Gasteiger partial charge in [-0.1, -0.05) is 24.3 Å². The van der Waals surface area contributed by atoms with Crippen molar-refractivity contribution in [3.8, 4) is 0 Å². The molecular weight excluding hydrogens is 217 g/mol. The molecule has 0 aliphatic rings.